The Hall–Kier alpha value is -1.22. The fourth-order valence-corrected chi connectivity index (χ4v) is 1.18. The van der Waals surface area contributed by atoms with Crippen molar-refractivity contribution in [3.63, 3.8) is 0 Å². The highest BCUT2D eigenvalue weighted by Gasteiger charge is 2.11. The second-order valence-electron chi connectivity index (χ2n) is 3.15. The molecule has 4 heteroatoms. The lowest BCUT2D eigenvalue weighted by Gasteiger charge is -2.13. The van der Waals surface area contributed by atoms with Crippen molar-refractivity contribution < 1.29 is 9.53 Å². The highest BCUT2D eigenvalue weighted by atomic mass is 35.5. The fraction of sp³-hybridized carbons (Fsp3) is 0.300. The maximum Gasteiger partial charge on any atom is 0.414 e. The standard InChI is InChI=1S/C10H12ClNO2/c1-7-5-4-6-8(11)9(7)14-10(13)12(2)3/h4-6H,1-3H3. The number of amides is 1. The third-order valence-corrected chi connectivity index (χ3v) is 2.02. The number of ether oxygens (including phenoxy) is 1. The van der Waals surface area contributed by atoms with Gasteiger partial charge in [0.1, 0.15) is 0 Å². The van der Waals surface area contributed by atoms with E-state index in [1.165, 1.54) is 4.90 Å². The molecule has 0 aromatic heterocycles. The lowest BCUT2D eigenvalue weighted by Crippen LogP contribution is -2.25. The van der Waals surface area contributed by atoms with Gasteiger partial charge in [-0.2, -0.15) is 0 Å². The molecule has 14 heavy (non-hydrogen) atoms. The van der Waals surface area contributed by atoms with Crippen LogP contribution < -0.4 is 4.74 Å². The van der Waals surface area contributed by atoms with Gasteiger partial charge in [0.05, 0.1) is 5.02 Å². The molecule has 0 radical (unpaired) electrons. The third-order valence-electron chi connectivity index (χ3n) is 1.72. The summed E-state index contributed by atoms with van der Waals surface area (Å²) in [5.74, 6) is 0.424. The molecule has 1 rings (SSSR count). The number of para-hydroxylation sites is 1. The SMILES string of the molecule is Cc1cccc(Cl)c1OC(=O)N(C)C. The van der Waals surface area contributed by atoms with Gasteiger partial charge in [-0.15, -0.1) is 0 Å². The van der Waals surface area contributed by atoms with E-state index < -0.39 is 6.09 Å². The van der Waals surface area contributed by atoms with Gasteiger partial charge in [-0.25, -0.2) is 4.79 Å². The van der Waals surface area contributed by atoms with Gasteiger partial charge in [0.2, 0.25) is 0 Å². The summed E-state index contributed by atoms with van der Waals surface area (Å²) < 4.78 is 5.09. The van der Waals surface area contributed by atoms with Gasteiger partial charge in [-0.1, -0.05) is 23.7 Å². The van der Waals surface area contributed by atoms with Crippen LogP contribution in [0.15, 0.2) is 18.2 Å². The van der Waals surface area contributed by atoms with E-state index in [2.05, 4.69) is 0 Å². The molecular weight excluding hydrogens is 202 g/mol. The molecule has 0 spiro atoms. The minimum absolute atomic E-state index is 0.424. The van der Waals surface area contributed by atoms with E-state index in [0.717, 1.165) is 5.56 Å². The summed E-state index contributed by atoms with van der Waals surface area (Å²) in [5.41, 5.74) is 0.840. The summed E-state index contributed by atoms with van der Waals surface area (Å²) in [7, 11) is 3.24. The number of hydrogen-bond donors (Lipinski definition) is 0. The Morgan fingerprint density at radius 2 is 2.07 bits per heavy atom. The van der Waals surface area contributed by atoms with Crippen LogP contribution in [-0.2, 0) is 0 Å². The molecule has 1 aromatic carbocycles. The Kier molecular flexibility index (Phi) is 3.36. The van der Waals surface area contributed by atoms with E-state index >= 15 is 0 Å². The zero-order valence-corrected chi connectivity index (χ0v) is 9.13. The summed E-state index contributed by atoms with van der Waals surface area (Å²) in [6, 6.07) is 5.33. The molecule has 0 saturated carbocycles. The molecule has 76 valence electrons. The van der Waals surface area contributed by atoms with Crippen LogP contribution in [0.1, 0.15) is 5.56 Å². The topological polar surface area (TPSA) is 29.5 Å². The summed E-state index contributed by atoms with van der Waals surface area (Å²) in [4.78, 5) is 12.6. The van der Waals surface area contributed by atoms with E-state index in [4.69, 9.17) is 16.3 Å². The van der Waals surface area contributed by atoms with E-state index in [1.807, 2.05) is 19.1 Å². The van der Waals surface area contributed by atoms with Crippen LogP contribution in [-0.4, -0.2) is 25.1 Å². The number of aryl methyl sites for hydroxylation is 1. The Labute approximate surface area is 88.2 Å². The number of halogens is 1. The number of carbonyl (C=O) groups is 1. The maximum atomic E-state index is 11.3. The molecule has 0 bridgehead atoms. The Bertz CT molecular complexity index is 330. The molecule has 0 heterocycles. The zero-order valence-electron chi connectivity index (χ0n) is 8.37. The molecule has 0 aliphatic rings. The first-order valence-corrected chi connectivity index (χ1v) is 4.54. The Morgan fingerprint density at radius 3 is 2.57 bits per heavy atom. The van der Waals surface area contributed by atoms with Crippen LogP contribution in [0, 0.1) is 6.92 Å². The van der Waals surface area contributed by atoms with Crippen LogP contribution in [0.5, 0.6) is 5.75 Å². The predicted molar refractivity (Wildman–Crippen MR) is 55.9 cm³/mol. The Morgan fingerprint density at radius 1 is 1.43 bits per heavy atom. The minimum atomic E-state index is -0.429. The lowest BCUT2D eigenvalue weighted by molar-refractivity contribution is 0.171. The molecule has 0 atom stereocenters. The van der Waals surface area contributed by atoms with Crippen molar-refractivity contribution in [2.75, 3.05) is 14.1 Å². The van der Waals surface area contributed by atoms with Gasteiger partial charge in [-0.3, -0.25) is 0 Å². The van der Waals surface area contributed by atoms with Gasteiger partial charge in [0.25, 0.3) is 0 Å². The smallest absolute Gasteiger partial charge is 0.408 e. The molecule has 3 nitrogen and oxygen atoms in total. The van der Waals surface area contributed by atoms with Gasteiger partial charge < -0.3 is 9.64 Å². The highest BCUT2D eigenvalue weighted by Crippen LogP contribution is 2.28. The van der Waals surface area contributed by atoms with Crippen LogP contribution in [0.3, 0.4) is 0 Å². The molecule has 0 saturated heterocycles. The van der Waals surface area contributed by atoms with Crippen molar-refractivity contribution in [1.82, 2.24) is 4.90 Å². The molecule has 0 fully saturated rings. The Balaban J connectivity index is 2.91. The summed E-state index contributed by atoms with van der Waals surface area (Å²) in [6.45, 7) is 1.84. The fourth-order valence-electron chi connectivity index (χ4n) is 0.925. The third kappa shape index (κ3) is 2.39. The van der Waals surface area contributed by atoms with E-state index in [-0.39, 0.29) is 0 Å². The molecule has 0 N–H and O–H groups in total. The quantitative estimate of drug-likeness (QED) is 0.718. The first-order valence-electron chi connectivity index (χ1n) is 4.16. The predicted octanol–water partition coefficient (Wildman–Crippen LogP) is 2.71. The van der Waals surface area contributed by atoms with Crippen molar-refractivity contribution in [2.45, 2.75) is 6.92 Å². The lowest BCUT2D eigenvalue weighted by atomic mass is 10.2. The van der Waals surface area contributed by atoms with Crippen molar-refractivity contribution in [3.05, 3.63) is 28.8 Å². The van der Waals surface area contributed by atoms with Gasteiger partial charge in [0.15, 0.2) is 5.75 Å². The normalized spacial score (nSPS) is 9.71. The number of nitrogens with zero attached hydrogens (tertiary/aromatic N) is 1. The van der Waals surface area contributed by atoms with Crippen LogP contribution in [0.2, 0.25) is 5.02 Å². The molecule has 0 aliphatic carbocycles. The second-order valence-corrected chi connectivity index (χ2v) is 3.56. The van der Waals surface area contributed by atoms with Crippen molar-refractivity contribution in [2.24, 2.45) is 0 Å². The maximum absolute atomic E-state index is 11.3. The average Bonchev–Trinajstić information content (AvgIpc) is 2.11. The number of rotatable bonds is 1. The summed E-state index contributed by atoms with van der Waals surface area (Å²) >= 11 is 5.88. The number of benzene rings is 1. The summed E-state index contributed by atoms with van der Waals surface area (Å²) in [5, 5.41) is 0.445. The van der Waals surface area contributed by atoms with E-state index in [1.54, 1.807) is 20.2 Å². The van der Waals surface area contributed by atoms with Gasteiger partial charge in [0, 0.05) is 14.1 Å². The minimum Gasteiger partial charge on any atom is -0.408 e. The molecule has 1 amide bonds. The van der Waals surface area contributed by atoms with Crippen molar-refractivity contribution >= 4 is 17.7 Å². The average molecular weight is 214 g/mol. The monoisotopic (exact) mass is 213 g/mol. The van der Waals surface area contributed by atoms with E-state index in [9.17, 15) is 4.79 Å². The van der Waals surface area contributed by atoms with E-state index in [0.29, 0.717) is 10.8 Å². The van der Waals surface area contributed by atoms with Gasteiger partial charge in [-0.05, 0) is 18.6 Å². The first kappa shape index (κ1) is 10.9. The largest absolute Gasteiger partial charge is 0.414 e. The number of hydrogen-bond acceptors (Lipinski definition) is 2. The zero-order chi connectivity index (χ0) is 10.7. The molecule has 0 unspecified atom stereocenters. The van der Waals surface area contributed by atoms with Crippen LogP contribution >= 0.6 is 11.6 Å². The highest BCUT2D eigenvalue weighted by molar-refractivity contribution is 6.32. The molecule has 1 aromatic rings. The van der Waals surface area contributed by atoms with Crippen molar-refractivity contribution in [3.8, 4) is 5.75 Å². The van der Waals surface area contributed by atoms with Crippen molar-refractivity contribution in [1.29, 1.82) is 0 Å². The first-order chi connectivity index (χ1) is 6.52. The van der Waals surface area contributed by atoms with Crippen LogP contribution in [0.4, 0.5) is 4.79 Å². The molecule has 0 aliphatic heterocycles. The van der Waals surface area contributed by atoms with Gasteiger partial charge >= 0.3 is 6.09 Å². The molecular formula is C10H12ClNO2. The number of carbonyl (C=O) groups excluding carboxylic acids is 1. The van der Waals surface area contributed by atoms with Crippen LogP contribution in [0.25, 0.3) is 0 Å². The summed E-state index contributed by atoms with van der Waals surface area (Å²) in [6.07, 6.45) is -0.429. The second kappa shape index (κ2) is 4.33.